The molecule has 0 spiro atoms. The van der Waals surface area contributed by atoms with Crippen LogP contribution in [0.4, 0.5) is 4.39 Å². The van der Waals surface area contributed by atoms with Crippen molar-refractivity contribution in [2.75, 3.05) is 0 Å². The molecule has 1 aromatic carbocycles. The first kappa shape index (κ1) is 13.2. The fourth-order valence-electron chi connectivity index (χ4n) is 1.91. The lowest BCUT2D eigenvalue weighted by Crippen LogP contribution is -2.36. The molecule has 18 heavy (non-hydrogen) atoms. The average molecular weight is 309 g/mol. The van der Waals surface area contributed by atoms with E-state index in [4.69, 9.17) is 5.73 Å². The molecule has 2 nitrogen and oxygen atoms in total. The summed E-state index contributed by atoms with van der Waals surface area (Å²) in [6.07, 6.45) is 2.20. The lowest BCUT2D eigenvalue weighted by Gasteiger charge is -2.25. The normalized spacial score (nSPS) is 14.2. The van der Waals surface area contributed by atoms with Crippen LogP contribution in [-0.4, -0.2) is 4.98 Å². The molecule has 4 heteroatoms. The molecule has 0 saturated carbocycles. The van der Waals surface area contributed by atoms with Gasteiger partial charge in [-0.05, 0) is 41.1 Å². The van der Waals surface area contributed by atoms with Gasteiger partial charge in [0.25, 0.3) is 0 Å². The van der Waals surface area contributed by atoms with E-state index >= 15 is 0 Å². The van der Waals surface area contributed by atoms with Gasteiger partial charge in [-0.3, -0.25) is 4.98 Å². The lowest BCUT2D eigenvalue weighted by molar-refractivity contribution is 0.453. The second kappa shape index (κ2) is 5.16. The van der Waals surface area contributed by atoms with Crippen molar-refractivity contribution >= 4 is 15.9 Å². The Morgan fingerprint density at radius 2 is 2.00 bits per heavy atom. The van der Waals surface area contributed by atoms with Gasteiger partial charge < -0.3 is 5.73 Å². The zero-order valence-electron chi connectivity index (χ0n) is 10.0. The van der Waals surface area contributed by atoms with Crippen LogP contribution in [0.2, 0.25) is 0 Å². The smallest absolute Gasteiger partial charge is 0.128 e. The first-order valence-electron chi connectivity index (χ1n) is 5.63. The topological polar surface area (TPSA) is 38.9 Å². The number of nitrogens with zero attached hydrogens (tertiary/aromatic N) is 1. The summed E-state index contributed by atoms with van der Waals surface area (Å²) in [5.74, 6) is -0.278. The molecule has 1 unspecified atom stereocenters. The lowest BCUT2D eigenvalue weighted by atomic mass is 9.88. The predicted molar refractivity (Wildman–Crippen MR) is 73.6 cm³/mol. The molecule has 0 radical (unpaired) electrons. The molecule has 0 bridgehead atoms. The van der Waals surface area contributed by atoms with Gasteiger partial charge in [0.15, 0.2) is 0 Å². The van der Waals surface area contributed by atoms with E-state index in [0.29, 0.717) is 12.0 Å². The molecule has 2 N–H and O–H groups in total. The third-order valence-electron chi connectivity index (χ3n) is 2.83. The average Bonchev–Trinajstić information content (AvgIpc) is 2.32. The Morgan fingerprint density at radius 1 is 1.28 bits per heavy atom. The fourth-order valence-corrected chi connectivity index (χ4v) is 2.14. The number of hydrogen-bond donors (Lipinski definition) is 1. The first-order valence-corrected chi connectivity index (χ1v) is 6.43. The second-order valence-electron chi connectivity index (χ2n) is 4.54. The summed E-state index contributed by atoms with van der Waals surface area (Å²) >= 11 is 3.33. The van der Waals surface area contributed by atoms with E-state index in [9.17, 15) is 4.39 Å². The number of benzene rings is 1. The van der Waals surface area contributed by atoms with E-state index < -0.39 is 5.54 Å². The van der Waals surface area contributed by atoms with Crippen LogP contribution >= 0.6 is 15.9 Å². The Balaban J connectivity index is 2.27. The molecular weight excluding hydrogens is 295 g/mol. The number of nitrogens with two attached hydrogens (primary N) is 1. The highest BCUT2D eigenvalue weighted by molar-refractivity contribution is 9.10. The van der Waals surface area contributed by atoms with Crippen molar-refractivity contribution in [1.82, 2.24) is 4.98 Å². The third kappa shape index (κ3) is 2.94. The highest BCUT2D eigenvalue weighted by Crippen LogP contribution is 2.24. The van der Waals surface area contributed by atoms with Crippen LogP contribution in [0.15, 0.2) is 47.1 Å². The van der Waals surface area contributed by atoms with Crippen molar-refractivity contribution in [3.05, 3.63) is 64.1 Å². The summed E-state index contributed by atoms with van der Waals surface area (Å²) < 4.78 is 14.7. The molecule has 0 amide bonds. The Morgan fingerprint density at radius 3 is 2.61 bits per heavy atom. The van der Waals surface area contributed by atoms with Crippen LogP contribution < -0.4 is 5.73 Å². The Bertz CT molecular complexity index is 538. The van der Waals surface area contributed by atoms with Gasteiger partial charge in [-0.15, -0.1) is 0 Å². The van der Waals surface area contributed by atoms with Crippen molar-refractivity contribution in [3.8, 4) is 0 Å². The quantitative estimate of drug-likeness (QED) is 0.944. The maximum atomic E-state index is 13.7. The van der Waals surface area contributed by atoms with E-state index in [2.05, 4.69) is 20.9 Å². The van der Waals surface area contributed by atoms with Gasteiger partial charge >= 0.3 is 0 Å². The molecule has 0 fully saturated rings. The summed E-state index contributed by atoms with van der Waals surface area (Å²) in [6.45, 7) is 1.81. The van der Waals surface area contributed by atoms with E-state index in [0.717, 1.165) is 10.2 Å². The molecule has 1 heterocycles. The van der Waals surface area contributed by atoms with Crippen LogP contribution in [-0.2, 0) is 12.0 Å². The molecule has 0 aliphatic heterocycles. The minimum Gasteiger partial charge on any atom is -0.321 e. The summed E-state index contributed by atoms with van der Waals surface area (Å²) in [5, 5.41) is 0. The Labute approximate surface area is 114 Å². The van der Waals surface area contributed by atoms with Gasteiger partial charge in [0.1, 0.15) is 5.82 Å². The molecule has 2 aromatic rings. The van der Waals surface area contributed by atoms with Gasteiger partial charge in [0.2, 0.25) is 0 Å². The summed E-state index contributed by atoms with van der Waals surface area (Å²) in [5.41, 5.74) is 6.79. The Kier molecular flexibility index (Phi) is 3.78. The van der Waals surface area contributed by atoms with Crippen molar-refractivity contribution < 1.29 is 4.39 Å². The molecule has 2 rings (SSSR count). The van der Waals surface area contributed by atoms with E-state index in [1.165, 1.54) is 6.07 Å². The fraction of sp³-hybridized carbons (Fsp3) is 0.214. The SMILES string of the molecule is CC(N)(Cc1ccc(Br)cn1)c1ccccc1F. The predicted octanol–water partition coefficient (Wildman–Crippen LogP) is 3.40. The largest absolute Gasteiger partial charge is 0.321 e. The maximum absolute atomic E-state index is 13.7. The van der Waals surface area contributed by atoms with E-state index in [-0.39, 0.29) is 5.82 Å². The van der Waals surface area contributed by atoms with Gasteiger partial charge in [0.05, 0.1) is 0 Å². The Hall–Kier alpha value is -1.26. The highest BCUT2D eigenvalue weighted by atomic mass is 79.9. The number of aromatic nitrogens is 1. The molecule has 0 saturated heterocycles. The van der Waals surface area contributed by atoms with Gasteiger partial charge in [-0.2, -0.15) is 0 Å². The standard InChI is InChI=1S/C14H14BrFN2/c1-14(17,12-4-2-3-5-13(12)16)8-11-7-6-10(15)9-18-11/h2-7,9H,8,17H2,1H3. The molecule has 1 aromatic heterocycles. The van der Waals surface area contributed by atoms with Crippen LogP contribution in [0.1, 0.15) is 18.2 Å². The first-order chi connectivity index (χ1) is 8.49. The number of pyridine rings is 1. The van der Waals surface area contributed by atoms with Crippen LogP contribution in [0.5, 0.6) is 0 Å². The van der Waals surface area contributed by atoms with Crippen LogP contribution in [0.3, 0.4) is 0 Å². The summed E-state index contributed by atoms with van der Waals surface area (Å²) in [7, 11) is 0. The van der Waals surface area contributed by atoms with Crippen molar-refractivity contribution in [1.29, 1.82) is 0 Å². The van der Waals surface area contributed by atoms with E-state index in [1.54, 1.807) is 24.4 Å². The summed E-state index contributed by atoms with van der Waals surface area (Å²) in [6, 6.07) is 10.4. The van der Waals surface area contributed by atoms with Gasteiger partial charge in [-0.1, -0.05) is 18.2 Å². The zero-order chi connectivity index (χ0) is 13.2. The highest BCUT2D eigenvalue weighted by Gasteiger charge is 2.25. The van der Waals surface area contributed by atoms with Crippen LogP contribution in [0, 0.1) is 5.82 Å². The number of halogens is 2. The van der Waals surface area contributed by atoms with Crippen molar-refractivity contribution in [2.45, 2.75) is 18.9 Å². The minimum atomic E-state index is -0.772. The van der Waals surface area contributed by atoms with E-state index in [1.807, 2.05) is 19.1 Å². The number of rotatable bonds is 3. The van der Waals surface area contributed by atoms with Gasteiger partial charge in [-0.25, -0.2) is 4.39 Å². The minimum absolute atomic E-state index is 0.278. The zero-order valence-corrected chi connectivity index (χ0v) is 11.6. The number of hydrogen-bond acceptors (Lipinski definition) is 2. The van der Waals surface area contributed by atoms with Crippen molar-refractivity contribution in [3.63, 3.8) is 0 Å². The third-order valence-corrected chi connectivity index (χ3v) is 3.30. The van der Waals surface area contributed by atoms with Gasteiger partial charge in [0, 0.05) is 33.9 Å². The molecule has 0 aliphatic carbocycles. The van der Waals surface area contributed by atoms with Crippen molar-refractivity contribution in [2.24, 2.45) is 5.73 Å². The molecule has 1 atom stereocenters. The summed E-state index contributed by atoms with van der Waals surface area (Å²) in [4.78, 5) is 4.27. The maximum Gasteiger partial charge on any atom is 0.128 e. The second-order valence-corrected chi connectivity index (χ2v) is 5.46. The van der Waals surface area contributed by atoms with Crippen LogP contribution in [0.25, 0.3) is 0 Å². The molecule has 94 valence electrons. The molecule has 0 aliphatic rings. The monoisotopic (exact) mass is 308 g/mol. The molecular formula is C14H14BrFN2.